The minimum Gasteiger partial charge on any atom is -0.396 e. The smallest absolute Gasteiger partial charge is 0.220 e. The zero-order valence-corrected chi connectivity index (χ0v) is 7.88. The van der Waals surface area contributed by atoms with Crippen LogP contribution in [0.5, 0.6) is 0 Å². The van der Waals surface area contributed by atoms with Crippen molar-refractivity contribution in [3.8, 4) is 0 Å². The van der Waals surface area contributed by atoms with Crippen molar-refractivity contribution >= 4 is 5.91 Å². The van der Waals surface area contributed by atoms with Gasteiger partial charge in [0.05, 0.1) is 0 Å². The molecule has 1 heterocycles. The van der Waals surface area contributed by atoms with Crippen LogP contribution in [-0.2, 0) is 4.79 Å². The Kier molecular flexibility index (Phi) is 2.28. The molecule has 2 aliphatic rings. The Morgan fingerprint density at radius 2 is 2.08 bits per heavy atom. The van der Waals surface area contributed by atoms with Gasteiger partial charge in [0.15, 0.2) is 0 Å². The fourth-order valence-corrected chi connectivity index (χ4v) is 2.56. The summed E-state index contributed by atoms with van der Waals surface area (Å²) < 4.78 is 0. The molecule has 0 aromatic heterocycles. The predicted molar refractivity (Wildman–Crippen MR) is 49.2 cm³/mol. The van der Waals surface area contributed by atoms with Crippen LogP contribution >= 0.6 is 0 Å². The molecule has 0 aromatic rings. The van der Waals surface area contributed by atoms with Crippen LogP contribution in [0.2, 0.25) is 0 Å². The van der Waals surface area contributed by atoms with E-state index in [9.17, 15) is 4.79 Å². The third-order valence-electron chi connectivity index (χ3n) is 3.56. The molecule has 0 bridgehead atoms. The number of hydrogen-bond acceptors (Lipinski definition) is 2. The van der Waals surface area contributed by atoms with Gasteiger partial charge in [-0.25, -0.2) is 0 Å². The van der Waals surface area contributed by atoms with E-state index >= 15 is 0 Å². The molecule has 1 aliphatic carbocycles. The van der Waals surface area contributed by atoms with E-state index < -0.39 is 0 Å². The van der Waals surface area contributed by atoms with E-state index in [0.29, 0.717) is 18.9 Å². The Bertz CT molecular complexity index is 207. The zero-order chi connectivity index (χ0) is 9.31. The van der Waals surface area contributed by atoms with Crippen LogP contribution in [0.4, 0.5) is 0 Å². The molecule has 1 saturated heterocycles. The summed E-state index contributed by atoms with van der Waals surface area (Å²) in [4.78, 5) is 11.1. The number of aliphatic hydroxyl groups excluding tert-OH is 1. The Labute approximate surface area is 78.5 Å². The van der Waals surface area contributed by atoms with Crippen molar-refractivity contribution in [2.24, 2.45) is 5.92 Å². The Balaban J connectivity index is 1.93. The summed E-state index contributed by atoms with van der Waals surface area (Å²) in [6.07, 6.45) is 5.95. The normalized spacial score (nSPS) is 39.5. The molecule has 3 heteroatoms. The first kappa shape index (κ1) is 9.00. The largest absolute Gasteiger partial charge is 0.396 e. The first-order chi connectivity index (χ1) is 6.24. The van der Waals surface area contributed by atoms with Crippen molar-refractivity contribution in [3.63, 3.8) is 0 Å². The van der Waals surface area contributed by atoms with Gasteiger partial charge < -0.3 is 10.4 Å². The van der Waals surface area contributed by atoms with Gasteiger partial charge in [0, 0.05) is 18.6 Å². The highest BCUT2D eigenvalue weighted by Crippen LogP contribution is 2.37. The lowest BCUT2D eigenvalue weighted by Gasteiger charge is -2.36. The van der Waals surface area contributed by atoms with E-state index in [2.05, 4.69) is 5.32 Å². The van der Waals surface area contributed by atoms with Gasteiger partial charge in [0.2, 0.25) is 5.91 Å². The third-order valence-corrected chi connectivity index (χ3v) is 3.56. The second kappa shape index (κ2) is 3.29. The average molecular weight is 183 g/mol. The summed E-state index contributed by atoms with van der Waals surface area (Å²) in [5, 5.41) is 12.1. The fourth-order valence-electron chi connectivity index (χ4n) is 2.56. The number of rotatable bonds is 1. The van der Waals surface area contributed by atoms with Gasteiger partial charge in [-0.15, -0.1) is 0 Å². The van der Waals surface area contributed by atoms with Crippen molar-refractivity contribution in [2.75, 3.05) is 6.61 Å². The first-order valence-electron chi connectivity index (χ1n) is 5.16. The fraction of sp³-hybridized carbons (Fsp3) is 0.900. The Hall–Kier alpha value is -0.570. The number of aliphatic hydroxyl groups is 1. The number of carbonyl (C=O) groups is 1. The number of amides is 1. The monoisotopic (exact) mass is 183 g/mol. The SMILES string of the molecule is O=C1CC[C@]2(CC[C@H](CO)CC2)N1. The van der Waals surface area contributed by atoms with Crippen molar-refractivity contribution in [3.05, 3.63) is 0 Å². The molecule has 2 fully saturated rings. The van der Waals surface area contributed by atoms with Crippen LogP contribution in [0.15, 0.2) is 0 Å². The second-order valence-electron chi connectivity index (χ2n) is 4.45. The van der Waals surface area contributed by atoms with E-state index in [-0.39, 0.29) is 11.4 Å². The second-order valence-corrected chi connectivity index (χ2v) is 4.45. The number of nitrogens with one attached hydrogen (secondary N) is 1. The minimum atomic E-state index is 0.114. The molecule has 13 heavy (non-hydrogen) atoms. The van der Waals surface area contributed by atoms with E-state index in [1.165, 1.54) is 0 Å². The van der Waals surface area contributed by atoms with E-state index in [1.54, 1.807) is 0 Å². The summed E-state index contributed by atoms with van der Waals surface area (Å²) in [5.74, 6) is 0.686. The molecule has 0 radical (unpaired) electrons. The molecular weight excluding hydrogens is 166 g/mol. The van der Waals surface area contributed by atoms with E-state index in [0.717, 1.165) is 32.1 Å². The van der Waals surface area contributed by atoms with Gasteiger partial charge in [-0.3, -0.25) is 4.79 Å². The van der Waals surface area contributed by atoms with Crippen LogP contribution in [0.3, 0.4) is 0 Å². The molecule has 0 unspecified atom stereocenters. The van der Waals surface area contributed by atoms with Crippen LogP contribution in [0.1, 0.15) is 38.5 Å². The molecule has 74 valence electrons. The number of hydrogen-bond donors (Lipinski definition) is 2. The van der Waals surface area contributed by atoms with Gasteiger partial charge in [-0.2, -0.15) is 0 Å². The zero-order valence-electron chi connectivity index (χ0n) is 7.88. The van der Waals surface area contributed by atoms with Crippen molar-refractivity contribution < 1.29 is 9.90 Å². The van der Waals surface area contributed by atoms with E-state index in [4.69, 9.17) is 5.11 Å². The molecule has 1 aliphatic heterocycles. The minimum absolute atomic E-state index is 0.114. The molecule has 3 nitrogen and oxygen atoms in total. The summed E-state index contributed by atoms with van der Waals surface area (Å²) in [5.41, 5.74) is 0.114. The quantitative estimate of drug-likeness (QED) is 0.632. The van der Waals surface area contributed by atoms with Crippen molar-refractivity contribution in [2.45, 2.75) is 44.1 Å². The Morgan fingerprint density at radius 3 is 2.54 bits per heavy atom. The van der Waals surface area contributed by atoms with Gasteiger partial charge in [-0.1, -0.05) is 0 Å². The maximum absolute atomic E-state index is 11.1. The standard InChI is InChI=1S/C10H17NO2/c12-7-8-1-4-10(5-2-8)6-3-9(13)11-10/h8,12H,1-7H2,(H,11,13)/t8-,10+. The molecule has 2 N–H and O–H groups in total. The van der Waals surface area contributed by atoms with Crippen molar-refractivity contribution in [1.82, 2.24) is 5.32 Å². The average Bonchev–Trinajstić information content (AvgIpc) is 2.49. The number of carbonyl (C=O) groups excluding carboxylic acids is 1. The maximum atomic E-state index is 11.1. The Morgan fingerprint density at radius 1 is 1.38 bits per heavy atom. The topological polar surface area (TPSA) is 49.3 Å². The lowest BCUT2D eigenvalue weighted by Crippen LogP contribution is -2.44. The summed E-state index contributed by atoms with van der Waals surface area (Å²) >= 11 is 0. The molecule has 2 rings (SSSR count). The predicted octanol–water partition coefficient (Wildman–Crippen LogP) is 0.818. The summed E-state index contributed by atoms with van der Waals surface area (Å²) in [6.45, 7) is 0.310. The lowest BCUT2D eigenvalue weighted by atomic mass is 9.76. The maximum Gasteiger partial charge on any atom is 0.220 e. The van der Waals surface area contributed by atoms with Gasteiger partial charge in [0.1, 0.15) is 0 Å². The van der Waals surface area contributed by atoms with Gasteiger partial charge in [-0.05, 0) is 38.0 Å². The molecule has 1 amide bonds. The molecule has 1 saturated carbocycles. The van der Waals surface area contributed by atoms with Crippen molar-refractivity contribution in [1.29, 1.82) is 0 Å². The molecule has 0 atom stereocenters. The van der Waals surface area contributed by atoms with Crippen LogP contribution in [0.25, 0.3) is 0 Å². The third kappa shape index (κ3) is 1.70. The summed E-state index contributed by atoms with van der Waals surface area (Å²) in [7, 11) is 0. The highest BCUT2D eigenvalue weighted by atomic mass is 16.3. The van der Waals surface area contributed by atoms with E-state index in [1.807, 2.05) is 0 Å². The van der Waals surface area contributed by atoms with Crippen LogP contribution < -0.4 is 5.32 Å². The highest BCUT2D eigenvalue weighted by Gasteiger charge is 2.40. The van der Waals surface area contributed by atoms with Gasteiger partial charge in [0.25, 0.3) is 0 Å². The van der Waals surface area contributed by atoms with Crippen LogP contribution in [0, 0.1) is 5.92 Å². The molecule has 1 spiro atoms. The van der Waals surface area contributed by atoms with Gasteiger partial charge >= 0.3 is 0 Å². The summed E-state index contributed by atoms with van der Waals surface area (Å²) in [6, 6.07) is 0. The first-order valence-corrected chi connectivity index (χ1v) is 5.16. The molecular formula is C10H17NO2. The van der Waals surface area contributed by atoms with Crippen LogP contribution in [-0.4, -0.2) is 23.2 Å². The lowest BCUT2D eigenvalue weighted by molar-refractivity contribution is -0.120. The molecule has 0 aromatic carbocycles. The highest BCUT2D eigenvalue weighted by molar-refractivity contribution is 5.79.